The lowest BCUT2D eigenvalue weighted by atomic mass is 9.87. The average Bonchev–Trinajstić information content (AvgIpc) is 3.05. The number of benzene rings is 2. The van der Waals surface area contributed by atoms with E-state index in [0.29, 0.717) is 34.5 Å². The summed E-state index contributed by atoms with van der Waals surface area (Å²) in [6, 6.07) is 5.45. The Morgan fingerprint density at radius 2 is 1.63 bits per heavy atom. The highest BCUT2D eigenvalue weighted by molar-refractivity contribution is 5.97. The molecule has 0 heterocycles. The van der Waals surface area contributed by atoms with Crippen molar-refractivity contribution in [1.82, 2.24) is 0 Å². The van der Waals surface area contributed by atoms with Crippen molar-refractivity contribution < 1.29 is 14.9 Å². The van der Waals surface area contributed by atoms with Gasteiger partial charge in [0.05, 0.1) is 7.11 Å². The zero-order chi connectivity index (χ0) is 13.1. The average molecular weight is 256 g/mol. The number of methoxy groups -OCH3 is 1. The Kier molecular flexibility index (Phi) is 2.06. The van der Waals surface area contributed by atoms with Crippen LogP contribution < -0.4 is 4.74 Å². The van der Waals surface area contributed by atoms with Crippen molar-refractivity contribution in [1.29, 1.82) is 0 Å². The van der Waals surface area contributed by atoms with E-state index in [9.17, 15) is 10.2 Å². The standard InChI is InChI=1S/C16H16O3/c1-19-10-4-5-11-12(7-10)16(18)14-9-3-2-8(6-9)13(14)15(11)17/h4-5,7-9,17-18H,2-3,6H2,1H3. The highest BCUT2D eigenvalue weighted by Gasteiger charge is 2.41. The molecule has 2 aromatic carbocycles. The van der Waals surface area contributed by atoms with Gasteiger partial charge in [-0.3, -0.25) is 0 Å². The molecule has 0 amide bonds. The number of fused-ring (bicyclic) bond motifs is 6. The van der Waals surface area contributed by atoms with E-state index in [2.05, 4.69) is 0 Å². The molecule has 2 aliphatic carbocycles. The Balaban J connectivity index is 2.10. The van der Waals surface area contributed by atoms with Crippen molar-refractivity contribution >= 4 is 10.8 Å². The number of phenols is 2. The molecule has 2 unspecified atom stereocenters. The van der Waals surface area contributed by atoms with Crippen LogP contribution in [-0.4, -0.2) is 17.3 Å². The van der Waals surface area contributed by atoms with Crippen LogP contribution in [0.5, 0.6) is 17.2 Å². The fraction of sp³-hybridized carbons (Fsp3) is 0.375. The summed E-state index contributed by atoms with van der Waals surface area (Å²) in [6.07, 6.45) is 3.33. The molecule has 0 aromatic heterocycles. The number of hydrogen-bond acceptors (Lipinski definition) is 3. The van der Waals surface area contributed by atoms with E-state index in [1.807, 2.05) is 12.1 Å². The first-order chi connectivity index (χ1) is 9.20. The monoisotopic (exact) mass is 256 g/mol. The van der Waals surface area contributed by atoms with Gasteiger partial charge < -0.3 is 14.9 Å². The summed E-state index contributed by atoms with van der Waals surface area (Å²) in [5.74, 6) is 2.25. The molecular weight excluding hydrogens is 240 g/mol. The largest absolute Gasteiger partial charge is 0.507 e. The van der Waals surface area contributed by atoms with Crippen molar-refractivity contribution in [2.45, 2.75) is 31.1 Å². The normalized spacial score (nSPS) is 23.8. The van der Waals surface area contributed by atoms with E-state index < -0.39 is 0 Å². The lowest BCUT2D eigenvalue weighted by molar-refractivity contribution is 0.414. The van der Waals surface area contributed by atoms with Gasteiger partial charge in [-0.2, -0.15) is 0 Å². The van der Waals surface area contributed by atoms with E-state index in [4.69, 9.17) is 4.74 Å². The molecule has 2 aromatic rings. The Morgan fingerprint density at radius 3 is 2.26 bits per heavy atom. The zero-order valence-corrected chi connectivity index (χ0v) is 10.8. The summed E-state index contributed by atoms with van der Waals surface area (Å²) < 4.78 is 5.21. The Labute approximate surface area is 111 Å². The van der Waals surface area contributed by atoms with Crippen LogP contribution in [0, 0.1) is 0 Å². The van der Waals surface area contributed by atoms with Gasteiger partial charge in [0.1, 0.15) is 17.2 Å². The molecule has 0 aliphatic heterocycles. The Hall–Kier alpha value is -1.90. The summed E-state index contributed by atoms with van der Waals surface area (Å²) in [6.45, 7) is 0. The van der Waals surface area contributed by atoms with E-state index in [0.717, 1.165) is 35.8 Å². The van der Waals surface area contributed by atoms with Crippen LogP contribution in [-0.2, 0) is 0 Å². The SMILES string of the molecule is COc1ccc2c(O)c3c(c(O)c2c1)C1CCC3C1. The molecule has 1 fully saturated rings. The maximum Gasteiger partial charge on any atom is 0.127 e. The number of ether oxygens (including phenoxy) is 1. The third-order valence-corrected chi connectivity index (χ3v) is 4.79. The smallest absolute Gasteiger partial charge is 0.127 e. The lowest BCUT2D eigenvalue weighted by Crippen LogP contribution is -2.00. The summed E-state index contributed by atoms with van der Waals surface area (Å²) >= 11 is 0. The van der Waals surface area contributed by atoms with Crippen molar-refractivity contribution in [2.75, 3.05) is 7.11 Å². The van der Waals surface area contributed by atoms with Gasteiger partial charge in [-0.05, 0) is 49.3 Å². The highest BCUT2D eigenvalue weighted by atomic mass is 16.5. The maximum atomic E-state index is 10.6. The van der Waals surface area contributed by atoms with Crippen LogP contribution in [0.25, 0.3) is 10.8 Å². The molecule has 3 heteroatoms. The first-order valence-corrected chi connectivity index (χ1v) is 6.76. The molecule has 2 aliphatic rings. The van der Waals surface area contributed by atoms with Crippen molar-refractivity contribution in [3.05, 3.63) is 29.3 Å². The molecule has 4 rings (SSSR count). The van der Waals surface area contributed by atoms with Gasteiger partial charge in [0, 0.05) is 21.9 Å². The lowest BCUT2D eigenvalue weighted by Gasteiger charge is -2.20. The predicted octanol–water partition coefficient (Wildman–Crippen LogP) is 3.62. The van der Waals surface area contributed by atoms with E-state index in [1.54, 1.807) is 13.2 Å². The minimum atomic E-state index is 0.342. The number of rotatable bonds is 1. The second-order valence-electron chi connectivity index (χ2n) is 5.64. The molecule has 0 spiro atoms. The second-order valence-corrected chi connectivity index (χ2v) is 5.64. The molecule has 3 nitrogen and oxygen atoms in total. The Morgan fingerprint density at radius 1 is 1.00 bits per heavy atom. The second kappa shape index (κ2) is 3.56. The van der Waals surface area contributed by atoms with E-state index in [1.165, 1.54) is 0 Å². The fourth-order valence-electron chi connectivity index (χ4n) is 3.93. The summed E-state index contributed by atoms with van der Waals surface area (Å²) in [4.78, 5) is 0. The summed E-state index contributed by atoms with van der Waals surface area (Å²) in [7, 11) is 1.60. The molecule has 1 saturated carbocycles. The number of aromatic hydroxyl groups is 2. The highest BCUT2D eigenvalue weighted by Crippen LogP contribution is 2.60. The Bertz CT molecular complexity index is 690. The van der Waals surface area contributed by atoms with Crippen molar-refractivity contribution in [3.63, 3.8) is 0 Å². The van der Waals surface area contributed by atoms with Gasteiger partial charge in [0.2, 0.25) is 0 Å². The minimum absolute atomic E-state index is 0.342. The summed E-state index contributed by atoms with van der Waals surface area (Å²) in [5.41, 5.74) is 1.97. The summed E-state index contributed by atoms with van der Waals surface area (Å²) in [5, 5.41) is 22.5. The topological polar surface area (TPSA) is 49.7 Å². The van der Waals surface area contributed by atoms with Gasteiger partial charge in [-0.15, -0.1) is 0 Å². The molecule has 2 bridgehead atoms. The van der Waals surface area contributed by atoms with Crippen LogP contribution in [0.3, 0.4) is 0 Å². The molecule has 2 N–H and O–H groups in total. The van der Waals surface area contributed by atoms with E-state index >= 15 is 0 Å². The molecule has 0 radical (unpaired) electrons. The van der Waals surface area contributed by atoms with Crippen LogP contribution in [0.15, 0.2) is 18.2 Å². The third-order valence-electron chi connectivity index (χ3n) is 4.79. The first-order valence-electron chi connectivity index (χ1n) is 6.76. The van der Waals surface area contributed by atoms with Crippen LogP contribution in [0.4, 0.5) is 0 Å². The van der Waals surface area contributed by atoms with Gasteiger partial charge >= 0.3 is 0 Å². The van der Waals surface area contributed by atoms with Crippen molar-refractivity contribution in [3.8, 4) is 17.2 Å². The van der Waals surface area contributed by atoms with Crippen LogP contribution >= 0.6 is 0 Å². The molecular formula is C16H16O3. The first kappa shape index (κ1) is 11.0. The molecule has 2 atom stereocenters. The van der Waals surface area contributed by atoms with Gasteiger partial charge in [0.25, 0.3) is 0 Å². The van der Waals surface area contributed by atoms with Crippen molar-refractivity contribution in [2.24, 2.45) is 0 Å². The van der Waals surface area contributed by atoms with Gasteiger partial charge in [-0.1, -0.05) is 0 Å². The van der Waals surface area contributed by atoms with Gasteiger partial charge in [-0.25, -0.2) is 0 Å². The van der Waals surface area contributed by atoms with E-state index in [-0.39, 0.29) is 0 Å². The third kappa shape index (κ3) is 1.28. The number of phenolic OH excluding ortho intramolecular Hbond substituents is 2. The zero-order valence-electron chi connectivity index (χ0n) is 10.8. The van der Waals surface area contributed by atoms with Gasteiger partial charge in [0.15, 0.2) is 0 Å². The maximum absolute atomic E-state index is 10.6. The van der Waals surface area contributed by atoms with Crippen LogP contribution in [0.1, 0.15) is 42.2 Å². The minimum Gasteiger partial charge on any atom is -0.507 e. The van der Waals surface area contributed by atoms with Crippen LogP contribution in [0.2, 0.25) is 0 Å². The predicted molar refractivity (Wildman–Crippen MR) is 73.2 cm³/mol. The fourth-order valence-corrected chi connectivity index (χ4v) is 3.93. The quantitative estimate of drug-likeness (QED) is 0.766. The molecule has 19 heavy (non-hydrogen) atoms. The molecule has 0 saturated heterocycles. The number of hydrogen-bond donors (Lipinski definition) is 2. The molecule has 98 valence electrons.